The van der Waals surface area contributed by atoms with E-state index in [1.807, 2.05) is 0 Å². The van der Waals surface area contributed by atoms with Crippen LogP contribution in [0, 0.1) is 0 Å². The molecule has 1 aromatic carbocycles. The monoisotopic (exact) mass is 284 g/mol. The van der Waals surface area contributed by atoms with Crippen molar-refractivity contribution in [3.63, 3.8) is 0 Å². The number of aromatic carboxylic acids is 1. The second-order valence-electron chi connectivity index (χ2n) is 4.57. The molecule has 0 amide bonds. The molecule has 0 radical (unpaired) electrons. The highest BCUT2D eigenvalue weighted by molar-refractivity contribution is 7.91. The molecule has 1 saturated carbocycles. The van der Waals surface area contributed by atoms with E-state index in [1.165, 1.54) is 24.3 Å². The second-order valence-corrected chi connectivity index (χ2v) is 6.68. The number of carbonyl (C=O) groups is 1. The molecule has 2 rings (SSSR count). The molecule has 1 fully saturated rings. The summed E-state index contributed by atoms with van der Waals surface area (Å²) >= 11 is 0. The molecule has 104 valence electrons. The van der Waals surface area contributed by atoms with Crippen LogP contribution in [0.15, 0.2) is 29.2 Å². The summed E-state index contributed by atoms with van der Waals surface area (Å²) in [6.07, 6.45) is 3.37. The summed E-state index contributed by atoms with van der Waals surface area (Å²) in [5.74, 6) is -1.15. The molecular weight excluding hydrogens is 268 g/mol. The standard InChI is InChI=1S/C13H16O5S/c14-13(15)10-4-6-12(7-5-10)19(16,17)9-8-18-11-2-1-3-11/h4-7,11H,1-3,8-9H2,(H,14,15). The van der Waals surface area contributed by atoms with Crippen LogP contribution in [0.1, 0.15) is 29.6 Å². The Morgan fingerprint density at radius 1 is 1.26 bits per heavy atom. The van der Waals surface area contributed by atoms with E-state index in [2.05, 4.69) is 0 Å². The zero-order chi connectivity index (χ0) is 13.9. The lowest BCUT2D eigenvalue weighted by Gasteiger charge is -2.25. The average molecular weight is 284 g/mol. The van der Waals surface area contributed by atoms with Gasteiger partial charge in [-0.25, -0.2) is 13.2 Å². The Labute approximate surface area is 112 Å². The maximum Gasteiger partial charge on any atom is 0.335 e. The molecule has 0 bridgehead atoms. The van der Waals surface area contributed by atoms with Crippen molar-refractivity contribution in [1.29, 1.82) is 0 Å². The predicted molar refractivity (Wildman–Crippen MR) is 69.0 cm³/mol. The minimum Gasteiger partial charge on any atom is -0.478 e. The number of carboxylic acids is 1. The van der Waals surface area contributed by atoms with Crippen molar-refractivity contribution < 1.29 is 23.1 Å². The lowest BCUT2D eigenvalue weighted by atomic mass is 9.96. The van der Waals surface area contributed by atoms with E-state index in [-0.39, 0.29) is 28.9 Å². The van der Waals surface area contributed by atoms with Crippen molar-refractivity contribution in [1.82, 2.24) is 0 Å². The Hall–Kier alpha value is -1.40. The molecule has 0 aromatic heterocycles. The van der Waals surface area contributed by atoms with Gasteiger partial charge in [0.15, 0.2) is 9.84 Å². The molecule has 6 heteroatoms. The van der Waals surface area contributed by atoms with Crippen molar-refractivity contribution in [3.8, 4) is 0 Å². The van der Waals surface area contributed by atoms with E-state index in [0.29, 0.717) is 0 Å². The normalized spacial score (nSPS) is 16.0. The fourth-order valence-corrected chi connectivity index (χ4v) is 2.89. The summed E-state index contributed by atoms with van der Waals surface area (Å²) in [7, 11) is -3.40. The first-order valence-electron chi connectivity index (χ1n) is 6.17. The van der Waals surface area contributed by atoms with Gasteiger partial charge in [0.05, 0.1) is 28.9 Å². The van der Waals surface area contributed by atoms with Gasteiger partial charge in [0.25, 0.3) is 0 Å². The number of carboxylic acid groups (broad SMARTS) is 1. The molecule has 0 atom stereocenters. The quantitative estimate of drug-likeness (QED) is 0.860. The van der Waals surface area contributed by atoms with Gasteiger partial charge in [-0.1, -0.05) is 0 Å². The summed E-state index contributed by atoms with van der Waals surface area (Å²) in [6.45, 7) is 0.188. The molecule has 0 saturated heterocycles. The highest BCUT2D eigenvalue weighted by Crippen LogP contribution is 2.22. The van der Waals surface area contributed by atoms with Gasteiger partial charge in [-0.15, -0.1) is 0 Å². The molecule has 1 N–H and O–H groups in total. The molecule has 19 heavy (non-hydrogen) atoms. The van der Waals surface area contributed by atoms with Crippen LogP contribution in [0.4, 0.5) is 0 Å². The first-order chi connectivity index (χ1) is 8.99. The molecular formula is C13H16O5S. The van der Waals surface area contributed by atoms with Crippen LogP contribution in [-0.4, -0.2) is 38.0 Å². The summed E-state index contributed by atoms with van der Waals surface area (Å²) in [5.41, 5.74) is 0.0738. The third-order valence-electron chi connectivity index (χ3n) is 3.22. The number of rotatable bonds is 6. The van der Waals surface area contributed by atoms with E-state index in [0.717, 1.165) is 19.3 Å². The van der Waals surface area contributed by atoms with E-state index in [4.69, 9.17) is 9.84 Å². The van der Waals surface area contributed by atoms with Crippen LogP contribution < -0.4 is 0 Å². The number of ether oxygens (including phenoxy) is 1. The molecule has 1 aromatic rings. The van der Waals surface area contributed by atoms with Crippen LogP contribution >= 0.6 is 0 Å². The highest BCUT2D eigenvalue weighted by atomic mass is 32.2. The molecule has 1 aliphatic carbocycles. The SMILES string of the molecule is O=C(O)c1ccc(S(=O)(=O)CCOC2CCC2)cc1. The van der Waals surface area contributed by atoms with Crippen molar-refractivity contribution in [2.75, 3.05) is 12.4 Å². The van der Waals surface area contributed by atoms with Crippen molar-refractivity contribution in [3.05, 3.63) is 29.8 Å². The topological polar surface area (TPSA) is 80.7 Å². The molecule has 0 heterocycles. The van der Waals surface area contributed by atoms with Gasteiger partial charge in [0, 0.05) is 0 Å². The Morgan fingerprint density at radius 2 is 1.89 bits per heavy atom. The van der Waals surface area contributed by atoms with Gasteiger partial charge >= 0.3 is 5.97 Å². The Morgan fingerprint density at radius 3 is 2.37 bits per heavy atom. The summed E-state index contributed by atoms with van der Waals surface area (Å²) < 4.78 is 29.4. The fraction of sp³-hybridized carbons (Fsp3) is 0.462. The average Bonchev–Trinajstić information content (AvgIpc) is 2.32. The summed E-state index contributed by atoms with van der Waals surface area (Å²) in [5, 5.41) is 8.75. The molecule has 0 spiro atoms. The van der Waals surface area contributed by atoms with E-state index < -0.39 is 15.8 Å². The lowest BCUT2D eigenvalue weighted by Crippen LogP contribution is -2.24. The van der Waals surface area contributed by atoms with E-state index in [1.54, 1.807) is 0 Å². The van der Waals surface area contributed by atoms with Crippen molar-refractivity contribution in [2.24, 2.45) is 0 Å². The largest absolute Gasteiger partial charge is 0.478 e. The molecule has 5 nitrogen and oxygen atoms in total. The van der Waals surface area contributed by atoms with Crippen molar-refractivity contribution in [2.45, 2.75) is 30.3 Å². The van der Waals surface area contributed by atoms with E-state index in [9.17, 15) is 13.2 Å². The Balaban J connectivity index is 1.95. The Kier molecular flexibility index (Phi) is 4.21. The fourth-order valence-electron chi connectivity index (χ4n) is 1.78. The van der Waals surface area contributed by atoms with Crippen LogP contribution in [0.5, 0.6) is 0 Å². The second kappa shape index (κ2) is 5.71. The first kappa shape index (κ1) is 14.0. The van der Waals surface area contributed by atoms with Crippen LogP contribution in [0.3, 0.4) is 0 Å². The number of benzene rings is 1. The smallest absolute Gasteiger partial charge is 0.335 e. The minimum absolute atomic E-state index is 0.0735. The van der Waals surface area contributed by atoms with Gasteiger partial charge in [0.1, 0.15) is 0 Å². The van der Waals surface area contributed by atoms with Gasteiger partial charge in [-0.2, -0.15) is 0 Å². The zero-order valence-corrected chi connectivity index (χ0v) is 11.2. The third kappa shape index (κ3) is 3.54. The first-order valence-corrected chi connectivity index (χ1v) is 7.82. The highest BCUT2D eigenvalue weighted by Gasteiger charge is 2.20. The number of hydrogen-bond donors (Lipinski definition) is 1. The van der Waals surface area contributed by atoms with Crippen LogP contribution in [-0.2, 0) is 14.6 Å². The van der Waals surface area contributed by atoms with Gasteiger partial charge in [-0.3, -0.25) is 0 Å². The lowest BCUT2D eigenvalue weighted by molar-refractivity contribution is 0.0110. The summed E-state index contributed by atoms with van der Waals surface area (Å²) in [6, 6.07) is 5.23. The maximum absolute atomic E-state index is 12.0. The minimum atomic E-state index is -3.40. The molecule has 0 unspecified atom stereocenters. The maximum atomic E-state index is 12.0. The van der Waals surface area contributed by atoms with Gasteiger partial charge < -0.3 is 9.84 Å². The Bertz CT molecular complexity index is 543. The van der Waals surface area contributed by atoms with E-state index >= 15 is 0 Å². The van der Waals surface area contributed by atoms with Gasteiger partial charge in [0.2, 0.25) is 0 Å². The molecule has 1 aliphatic rings. The van der Waals surface area contributed by atoms with Crippen LogP contribution in [0.25, 0.3) is 0 Å². The van der Waals surface area contributed by atoms with Crippen molar-refractivity contribution >= 4 is 15.8 Å². The third-order valence-corrected chi connectivity index (χ3v) is 4.91. The van der Waals surface area contributed by atoms with Crippen LogP contribution in [0.2, 0.25) is 0 Å². The number of hydrogen-bond acceptors (Lipinski definition) is 4. The summed E-state index contributed by atoms with van der Waals surface area (Å²) in [4.78, 5) is 10.8. The predicted octanol–water partition coefficient (Wildman–Crippen LogP) is 1.73. The number of sulfone groups is 1. The van der Waals surface area contributed by atoms with Gasteiger partial charge in [-0.05, 0) is 43.5 Å². The zero-order valence-electron chi connectivity index (χ0n) is 10.4. The molecule has 0 aliphatic heterocycles.